The number of benzene rings is 1. The fraction of sp³-hybridized carbons (Fsp3) is 0.500. The van der Waals surface area contributed by atoms with E-state index in [1.807, 2.05) is 19.1 Å². The third kappa shape index (κ3) is 4.61. The average Bonchev–Trinajstić information content (AvgIpc) is 3.11. The number of carbonyl (C=O) groups excluding carboxylic acids is 1. The summed E-state index contributed by atoms with van der Waals surface area (Å²) in [5, 5.41) is 11.5. The summed E-state index contributed by atoms with van der Waals surface area (Å²) in [4.78, 5) is 14.9. The van der Waals surface area contributed by atoms with Crippen LogP contribution in [0.25, 0.3) is 0 Å². The van der Waals surface area contributed by atoms with Crippen molar-refractivity contribution in [1.29, 1.82) is 0 Å². The maximum atomic E-state index is 12.8. The predicted molar refractivity (Wildman–Crippen MR) is 115 cm³/mol. The zero-order chi connectivity index (χ0) is 21.1. The van der Waals surface area contributed by atoms with Gasteiger partial charge in [-0.2, -0.15) is 0 Å². The van der Waals surface area contributed by atoms with Gasteiger partial charge in [-0.1, -0.05) is 11.6 Å². The van der Waals surface area contributed by atoms with Crippen molar-refractivity contribution >= 4 is 23.3 Å². The predicted octanol–water partition coefficient (Wildman–Crippen LogP) is 3.38. The number of rotatable bonds is 6. The van der Waals surface area contributed by atoms with Crippen molar-refractivity contribution in [3.8, 4) is 11.5 Å². The second-order valence-electron chi connectivity index (χ2n) is 7.83. The first-order valence-electron chi connectivity index (χ1n) is 10.5. The van der Waals surface area contributed by atoms with E-state index in [-0.39, 0.29) is 17.9 Å². The van der Waals surface area contributed by atoms with Gasteiger partial charge in [-0.25, -0.2) is 0 Å². The minimum Gasteiger partial charge on any atom is -0.494 e. The normalized spacial score (nSPS) is 18.6. The number of fused-ring (bicyclic) bond motifs is 1. The molecule has 0 saturated carbocycles. The third-order valence-corrected chi connectivity index (χ3v) is 5.84. The van der Waals surface area contributed by atoms with Crippen LogP contribution < -0.4 is 19.7 Å². The zero-order valence-electron chi connectivity index (χ0n) is 17.4. The summed E-state index contributed by atoms with van der Waals surface area (Å²) in [7, 11) is 0. The van der Waals surface area contributed by atoms with Crippen molar-refractivity contribution in [2.24, 2.45) is 5.92 Å². The van der Waals surface area contributed by atoms with Crippen LogP contribution in [-0.4, -0.2) is 41.9 Å². The maximum Gasteiger partial charge on any atom is 0.223 e. The molecule has 1 saturated heterocycles. The summed E-state index contributed by atoms with van der Waals surface area (Å²) in [6.45, 7) is 6.58. The lowest BCUT2D eigenvalue weighted by molar-refractivity contribution is -0.125. The summed E-state index contributed by atoms with van der Waals surface area (Å²) in [6, 6.07) is 7.66. The highest BCUT2D eigenvalue weighted by molar-refractivity contribution is 6.29. The van der Waals surface area contributed by atoms with Crippen LogP contribution in [0.1, 0.15) is 37.8 Å². The Bertz CT molecular complexity index is 898. The van der Waals surface area contributed by atoms with Crippen LogP contribution >= 0.6 is 11.6 Å². The molecule has 2 aliphatic heterocycles. The van der Waals surface area contributed by atoms with Crippen molar-refractivity contribution < 1.29 is 14.3 Å². The lowest BCUT2D eigenvalue weighted by atomic mass is 9.95. The molecule has 0 unspecified atom stereocenters. The van der Waals surface area contributed by atoms with E-state index in [0.717, 1.165) is 55.2 Å². The van der Waals surface area contributed by atoms with E-state index in [4.69, 9.17) is 21.1 Å². The topological polar surface area (TPSA) is 76.6 Å². The van der Waals surface area contributed by atoms with Gasteiger partial charge < -0.3 is 19.7 Å². The van der Waals surface area contributed by atoms with Gasteiger partial charge in [0.1, 0.15) is 17.6 Å². The molecular formula is C22H27ClN4O3. The zero-order valence-corrected chi connectivity index (χ0v) is 18.1. The fourth-order valence-corrected chi connectivity index (χ4v) is 4.19. The molecule has 1 amide bonds. The number of nitrogens with one attached hydrogen (secondary N) is 1. The van der Waals surface area contributed by atoms with E-state index in [1.54, 1.807) is 6.07 Å². The highest BCUT2D eigenvalue weighted by atomic mass is 35.5. The van der Waals surface area contributed by atoms with Crippen LogP contribution in [-0.2, 0) is 17.8 Å². The molecule has 1 atom stereocenters. The molecule has 0 radical (unpaired) electrons. The molecule has 0 bridgehead atoms. The van der Waals surface area contributed by atoms with Crippen molar-refractivity contribution in [2.45, 2.75) is 45.8 Å². The Kier molecular flexibility index (Phi) is 6.27. The minimum absolute atomic E-state index is 0.0113. The van der Waals surface area contributed by atoms with Crippen molar-refractivity contribution in [3.63, 3.8) is 0 Å². The number of nitrogens with zero attached hydrogens (tertiary/aromatic N) is 3. The quantitative estimate of drug-likeness (QED) is 0.757. The molecule has 0 spiro atoms. The van der Waals surface area contributed by atoms with E-state index in [2.05, 4.69) is 33.4 Å². The lowest BCUT2D eigenvalue weighted by Crippen LogP contribution is -2.40. The van der Waals surface area contributed by atoms with Crippen LogP contribution in [0.2, 0.25) is 5.15 Å². The Morgan fingerprint density at radius 1 is 1.30 bits per heavy atom. The number of aromatic nitrogens is 2. The van der Waals surface area contributed by atoms with Gasteiger partial charge in [0.05, 0.1) is 6.61 Å². The summed E-state index contributed by atoms with van der Waals surface area (Å²) < 4.78 is 11.7. The van der Waals surface area contributed by atoms with Crippen LogP contribution in [0.4, 0.5) is 5.82 Å². The second-order valence-corrected chi connectivity index (χ2v) is 8.21. The van der Waals surface area contributed by atoms with Crippen molar-refractivity contribution in [3.05, 3.63) is 40.5 Å². The fourth-order valence-electron chi connectivity index (χ4n) is 4.08. The third-order valence-electron chi connectivity index (χ3n) is 5.64. The van der Waals surface area contributed by atoms with Gasteiger partial charge in [0.25, 0.3) is 0 Å². The number of ether oxygens (including phenoxy) is 2. The van der Waals surface area contributed by atoms with Gasteiger partial charge in [0.2, 0.25) is 5.91 Å². The van der Waals surface area contributed by atoms with Gasteiger partial charge in [0.15, 0.2) is 11.0 Å². The first kappa shape index (κ1) is 20.7. The second kappa shape index (κ2) is 9.08. The summed E-state index contributed by atoms with van der Waals surface area (Å²) >= 11 is 5.81. The number of carbonyl (C=O) groups is 1. The lowest BCUT2D eigenvalue weighted by Gasteiger charge is -2.31. The van der Waals surface area contributed by atoms with Gasteiger partial charge >= 0.3 is 0 Å². The highest BCUT2D eigenvalue weighted by Gasteiger charge is 2.26. The Balaban J connectivity index is 1.34. The Morgan fingerprint density at radius 2 is 2.10 bits per heavy atom. The summed E-state index contributed by atoms with van der Waals surface area (Å²) in [6.07, 6.45) is 2.62. The average molecular weight is 431 g/mol. The molecule has 0 aliphatic carbocycles. The first-order chi connectivity index (χ1) is 14.5. The highest BCUT2D eigenvalue weighted by Crippen LogP contribution is 2.35. The molecule has 2 aromatic rings. The summed E-state index contributed by atoms with van der Waals surface area (Å²) in [5.41, 5.74) is 2.12. The summed E-state index contributed by atoms with van der Waals surface area (Å²) in [5.74, 6) is 2.58. The molecule has 4 rings (SSSR count). The smallest absolute Gasteiger partial charge is 0.223 e. The van der Waals surface area contributed by atoms with E-state index in [1.165, 1.54) is 5.56 Å². The van der Waals surface area contributed by atoms with Crippen LogP contribution in [0.15, 0.2) is 24.3 Å². The maximum absolute atomic E-state index is 12.8. The Morgan fingerprint density at radius 3 is 2.80 bits per heavy atom. The molecule has 3 heterocycles. The SMILES string of the molecule is CCOc1cc2c(cc1CNC(=O)C1CCN(c3ccc(Cl)nn3)CC1)O[C@H](C)C2. The number of piperidine rings is 1. The van der Waals surface area contributed by atoms with Crippen LogP contribution in [0.5, 0.6) is 11.5 Å². The minimum atomic E-state index is -0.0113. The molecule has 2 aliphatic rings. The molecule has 160 valence electrons. The van der Waals surface area contributed by atoms with Gasteiger partial charge in [-0.3, -0.25) is 4.79 Å². The van der Waals surface area contributed by atoms with E-state index >= 15 is 0 Å². The Labute approximate surface area is 181 Å². The van der Waals surface area contributed by atoms with E-state index in [9.17, 15) is 4.79 Å². The molecule has 1 aromatic carbocycles. The van der Waals surface area contributed by atoms with E-state index < -0.39 is 0 Å². The van der Waals surface area contributed by atoms with Crippen LogP contribution in [0, 0.1) is 5.92 Å². The Hall–Kier alpha value is -2.54. The molecule has 8 heteroatoms. The largest absolute Gasteiger partial charge is 0.494 e. The molecule has 30 heavy (non-hydrogen) atoms. The van der Waals surface area contributed by atoms with Gasteiger partial charge in [-0.15, -0.1) is 10.2 Å². The number of anilines is 1. The first-order valence-corrected chi connectivity index (χ1v) is 10.9. The monoisotopic (exact) mass is 430 g/mol. The van der Waals surface area contributed by atoms with Crippen molar-refractivity contribution in [1.82, 2.24) is 15.5 Å². The van der Waals surface area contributed by atoms with Gasteiger partial charge in [0, 0.05) is 43.1 Å². The molecule has 1 fully saturated rings. The number of halogens is 1. The molecular weight excluding hydrogens is 404 g/mol. The standard InChI is InChI=1S/C22H27ClN4O3/c1-3-29-18-11-16-10-14(2)30-19(16)12-17(18)13-24-22(28)15-6-8-27(9-7-15)21-5-4-20(23)25-26-21/h4-5,11-12,14-15H,3,6-10,13H2,1-2H3,(H,24,28)/t14-/m1/s1. The number of hydrogen-bond donors (Lipinski definition) is 1. The molecule has 7 nitrogen and oxygen atoms in total. The van der Waals surface area contributed by atoms with Crippen molar-refractivity contribution in [2.75, 3.05) is 24.6 Å². The molecule has 1 aromatic heterocycles. The van der Waals surface area contributed by atoms with Crippen LogP contribution in [0.3, 0.4) is 0 Å². The molecule has 1 N–H and O–H groups in total. The van der Waals surface area contributed by atoms with Gasteiger partial charge in [-0.05, 0) is 51.0 Å². The number of hydrogen-bond acceptors (Lipinski definition) is 6. The number of amides is 1. The van der Waals surface area contributed by atoms with E-state index in [0.29, 0.717) is 18.3 Å².